The fourth-order valence-corrected chi connectivity index (χ4v) is 4.90. The minimum Gasteiger partial charge on any atom is -0.350 e. The summed E-state index contributed by atoms with van der Waals surface area (Å²) in [6.45, 7) is 5.11. The number of ketones is 2. The minimum atomic E-state index is -0.490. The van der Waals surface area contributed by atoms with Crippen molar-refractivity contribution in [2.24, 2.45) is 13.0 Å². The van der Waals surface area contributed by atoms with Gasteiger partial charge in [-0.05, 0) is 73.9 Å². The lowest BCUT2D eigenvalue weighted by atomic mass is 9.89. The molecule has 0 radical (unpaired) electrons. The van der Waals surface area contributed by atoms with Gasteiger partial charge in [0.05, 0.1) is 5.56 Å². The average Bonchev–Trinajstić information content (AvgIpc) is 3.15. The summed E-state index contributed by atoms with van der Waals surface area (Å²) in [5.74, 6) is -0.694. The zero-order valence-corrected chi connectivity index (χ0v) is 20.1. The van der Waals surface area contributed by atoms with Crippen LogP contribution in [-0.2, 0) is 18.3 Å². The number of halogens is 1. The topological polar surface area (TPSA) is 59.4 Å². The van der Waals surface area contributed by atoms with Crippen LogP contribution in [0.3, 0.4) is 0 Å². The molecule has 4 rings (SSSR count). The number of fused-ring (bicyclic) bond motifs is 1. The van der Waals surface area contributed by atoms with E-state index in [1.54, 1.807) is 12.3 Å². The van der Waals surface area contributed by atoms with Crippen LogP contribution in [0.25, 0.3) is 10.9 Å². The maximum atomic E-state index is 13.4. The van der Waals surface area contributed by atoms with E-state index in [-0.39, 0.29) is 18.1 Å². The third-order valence-electron chi connectivity index (χ3n) is 6.88. The van der Waals surface area contributed by atoms with E-state index >= 15 is 0 Å². The normalized spacial score (nSPS) is 14.5. The Hall–Kier alpha value is -3.28. The number of likely N-dealkylation sites (tertiary alicyclic amines) is 1. The molecule has 34 heavy (non-hydrogen) atoms. The number of carbonyl (C=O) groups excluding carboxylic acids is 3. The van der Waals surface area contributed by atoms with Gasteiger partial charge in [-0.3, -0.25) is 14.4 Å². The molecule has 3 aromatic rings. The maximum absolute atomic E-state index is 13.4. The van der Waals surface area contributed by atoms with Crippen LogP contribution < -0.4 is 0 Å². The predicted octanol–water partition coefficient (Wildman–Crippen LogP) is 5.27. The summed E-state index contributed by atoms with van der Waals surface area (Å²) in [6, 6.07) is 10.3. The number of nitrogens with zero attached hydrogens (tertiary/aromatic N) is 2. The van der Waals surface area contributed by atoms with Crippen LogP contribution >= 0.6 is 0 Å². The highest BCUT2D eigenvalue weighted by molar-refractivity contribution is 6.45. The van der Waals surface area contributed by atoms with E-state index in [4.69, 9.17) is 0 Å². The van der Waals surface area contributed by atoms with Crippen LogP contribution in [0.5, 0.6) is 0 Å². The highest BCUT2D eigenvalue weighted by Gasteiger charge is 2.27. The van der Waals surface area contributed by atoms with Crippen molar-refractivity contribution in [1.29, 1.82) is 0 Å². The van der Waals surface area contributed by atoms with Gasteiger partial charge in [-0.2, -0.15) is 0 Å². The van der Waals surface area contributed by atoms with Crippen molar-refractivity contribution in [3.8, 4) is 0 Å². The lowest BCUT2D eigenvalue weighted by molar-refractivity contribution is -0.115. The number of amides is 1. The highest BCUT2D eigenvalue weighted by Crippen LogP contribution is 2.28. The SMILES string of the molecule is CCCC(=O)C(=O)c1cn(C)c2cc(C)c(C(=O)N3CCC(Cc4ccc(F)cc4)CC3)cc12. The number of rotatable bonds is 7. The number of benzene rings is 2. The van der Waals surface area contributed by atoms with Gasteiger partial charge in [0.1, 0.15) is 5.82 Å². The molecule has 6 heteroatoms. The summed E-state index contributed by atoms with van der Waals surface area (Å²) in [5, 5.41) is 0.650. The first-order chi connectivity index (χ1) is 16.3. The van der Waals surface area contributed by atoms with E-state index in [1.165, 1.54) is 12.1 Å². The van der Waals surface area contributed by atoms with E-state index in [2.05, 4.69) is 0 Å². The van der Waals surface area contributed by atoms with E-state index in [0.717, 1.165) is 35.9 Å². The monoisotopic (exact) mass is 462 g/mol. The van der Waals surface area contributed by atoms with Gasteiger partial charge in [0.25, 0.3) is 5.91 Å². The second kappa shape index (κ2) is 9.92. The van der Waals surface area contributed by atoms with Crippen LogP contribution in [0.2, 0.25) is 0 Å². The first-order valence-electron chi connectivity index (χ1n) is 12.0. The molecule has 0 unspecified atom stereocenters. The van der Waals surface area contributed by atoms with Crippen LogP contribution in [0.4, 0.5) is 4.39 Å². The molecule has 0 bridgehead atoms. The molecular weight excluding hydrogens is 431 g/mol. The molecule has 0 spiro atoms. The van der Waals surface area contributed by atoms with Crippen molar-refractivity contribution in [2.75, 3.05) is 13.1 Å². The van der Waals surface area contributed by atoms with Gasteiger partial charge in [-0.1, -0.05) is 19.1 Å². The predicted molar refractivity (Wildman–Crippen MR) is 131 cm³/mol. The highest BCUT2D eigenvalue weighted by atomic mass is 19.1. The Balaban J connectivity index is 1.51. The van der Waals surface area contributed by atoms with Crippen molar-refractivity contribution in [3.05, 3.63) is 70.7 Å². The van der Waals surface area contributed by atoms with Crippen LogP contribution in [0.15, 0.2) is 42.6 Å². The summed E-state index contributed by atoms with van der Waals surface area (Å²) in [5.41, 5.74) is 3.74. The standard InChI is InChI=1S/C28H31FN2O3/c1-4-5-26(32)27(33)24-17-30(3)25-14-18(2)22(16-23(24)25)28(34)31-12-10-20(11-13-31)15-19-6-8-21(29)9-7-19/h6-9,14,16-17,20H,4-5,10-13,15H2,1-3H3. The Morgan fingerprint density at radius 2 is 1.71 bits per heavy atom. The molecule has 1 fully saturated rings. The first kappa shape index (κ1) is 23.9. The number of carbonyl (C=O) groups is 3. The Labute approximate surface area is 199 Å². The van der Waals surface area contributed by atoms with Crippen LogP contribution in [-0.4, -0.2) is 40.0 Å². The maximum Gasteiger partial charge on any atom is 0.254 e. The molecule has 0 N–H and O–H groups in total. The molecule has 1 saturated heterocycles. The molecule has 0 saturated carbocycles. The summed E-state index contributed by atoms with van der Waals surface area (Å²) in [4.78, 5) is 40.3. The largest absolute Gasteiger partial charge is 0.350 e. The molecule has 1 amide bonds. The molecule has 0 atom stereocenters. The Morgan fingerprint density at radius 3 is 2.35 bits per heavy atom. The molecule has 1 aliphatic rings. The van der Waals surface area contributed by atoms with Gasteiger partial charge in [0, 0.05) is 49.2 Å². The van der Waals surface area contributed by atoms with Crippen molar-refractivity contribution < 1.29 is 18.8 Å². The minimum absolute atomic E-state index is 0.0400. The summed E-state index contributed by atoms with van der Waals surface area (Å²) >= 11 is 0. The van der Waals surface area contributed by atoms with E-state index in [9.17, 15) is 18.8 Å². The molecule has 1 aromatic heterocycles. The molecule has 0 aliphatic carbocycles. The van der Waals surface area contributed by atoms with Gasteiger partial charge in [0.15, 0.2) is 0 Å². The van der Waals surface area contributed by atoms with Crippen LogP contribution in [0.1, 0.15) is 64.4 Å². The third-order valence-corrected chi connectivity index (χ3v) is 6.88. The molecule has 1 aliphatic heterocycles. The van der Waals surface area contributed by atoms with Crippen molar-refractivity contribution in [1.82, 2.24) is 9.47 Å². The quantitative estimate of drug-likeness (QED) is 0.355. The molecule has 2 heterocycles. The number of aryl methyl sites for hydroxylation is 2. The Bertz CT molecular complexity index is 1230. The average molecular weight is 463 g/mol. The fourth-order valence-electron chi connectivity index (χ4n) is 4.90. The van der Waals surface area contributed by atoms with Crippen molar-refractivity contribution in [3.63, 3.8) is 0 Å². The zero-order valence-electron chi connectivity index (χ0n) is 20.1. The third kappa shape index (κ3) is 4.81. The summed E-state index contributed by atoms with van der Waals surface area (Å²) < 4.78 is 15.0. The van der Waals surface area contributed by atoms with E-state index in [0.29, 0.717) is 41.9 Å². The van der Waals surface area contributed by atoms with Gasteiger partial charge in [-0.15, -0.1) is 0 Å². The fraction of sp³-hybridized carbons (Fsp3) is 0.393. The van der Waals surface area contributed by atoms with Crippen molar-refractivity contribution >= 4 is 28.4 Å². The molecule has 5 nitrogen and oxygen atoms in total. The van der Waals surface area contributed by atoms with Crippen LogP contribution in [0, 0.1) is 18.7 Å². The Morgan fingerprint density at radius 1 is 1.03 bits per heavy atom. The summed E-state index contributed by atoms with van der Waals surface area (Å²) in [7, 11) is 1.84. The van der Waals surface area contributed by atoms with Gasteiger partial charge in [0.2, 0.25) is 11.6 Å². The molecule has 2 aromatic carbocycles. The van der Waals surface area contributed by atoms with E-state index in [1.807, 2.05) is 48.6 Å². The van der Waals surface area contributed by atoms with E-state index < -0.39 is 11.6 Å². The number of hydrogen-bond donors (Lipinski definition) is 0. The molecular formula is C28H31FN2O3. The number of aromatic nitrogens is 1. The smallest absolute Gasteiger partial charge is 0.254 e. The lowest BCUT2D eigenvalue weighted by Gasteiger charge is -2.32. The first-order valence-corrected chi connectivity index (χ1v) is 12.0. The lowest BCUT2D eigenvalue weighted by Crippen LogP contribution is -2.39. The summed E-state index contributed by atoms with van der Waals surface area (Å²) in [6.07, 6.45) is 5.20. The molecule has 178 valence electrons. The number of Topliss-reactive ketones (excluding diaryl/α,β-unsaturated/α-hetero) is 2. The number of piperidine rings is 1. The second-order valence-electron chi connectivity index (χ2n) is 9.41. The second-order valence-corrected chi connectivity index (χ2v) is 9.41. The van der Waals surface area contributed by atoms with Gasteiger partial charge >= 0.3 is 0 Å². The van der Waals surface area contributed by atoms with Gasteiger partial charge in [-0.25, -0.2) is 4.39 Å². The van der Waals surface area contributed by atoms with Gasteiger partial charge < -0.3 is 9.47 Å². The Kier molecular flexibility index (Phi) is 6.96. The zero-order chi connectivity index (χ0) is 24.4. The number of hydrogen-bond acceptors (Lipinski definition) is 3. The van der Waals surface area contributed by atoms with Crippen molar-refractivity contribution in [2.45, 2.75) is 46.0 Å².